The molecule has 6 nitrogen and oxygen atoms in total. The number of aromatic nitrogens is 3. The fourth-order valence-electron chi connectivity index (χ4n) is 2.68. The van der Waals surface area contributed by atoms with Gasteiger partial charge in [0.25, 0.3) is 0 Å². The van der Waals surface area contributed by atoms with Gasteiger partial charge in [0.05, 0.1) is 6.04 Å². The predicted octanol–water partition coefficient (Wildman–Crippen LogP) is 2.33. The van der Waals surface area contributed by atoms with Crippen LogP contribution in [0.15, 0.2) is 24.4 Å². The summed E-state index contributed by atoms with van der Waals surface area (Å²) in [6.07, 6.45) is 2.96. The van der Waals surface area contributed by atoms with Crippen molar-refractivity contribution in [1.82, 2.24) is 24.8 Å². The molecule has 0 aromatic carbocycles. The van der Waals surface area contributed by atoms with E-state index in [1.807, 2.05) is 52.4 Å². The Hall–Kier alpha value is -1.76. The Morgan fingerprint density at radius 1 is 1.41 bits per heavy atom. The molecule has 3 rings (SSSR count). The Morgan fingerprint density at radius 3 is 3.14 bits per heavy atom. The molecule has 0 unspecified atom stereocenters. The monoisotopic (exact) mass is 319 g/mol. The summed E-state index contributed by atoms with van der Waals surface area (Å²) in [4.78, 5) is 14.5. The largest absolute Gasteiger partial charge is 0.328 e. The Kier molecular flexibility index (Phi) is 4.52. The van der Waals surface area contributed by atoms with E-state index in [4.69, 9.17) is 0 Å². The van der Waals surface area contributed by atoms with E-state index in [0.717, 1.165) is 35.9 Å². The molecule has 0 saturated carbocycles. The van der Waals surface area contributed by atoms with Gasteiger partial charge >= 0.3 is 6.03 Å². The zero-order valence-electron chi connectivity index (χ0n) is 12.9. The zero-order chi connectivity index (χ0) is 15.5. The molecule has 1 saturated heterocycles. The van der Waals surface area contributed by atoms with Gasteiger partial charge in [0.1, 0.15) is 0 Å². The number of hydrogen-bond donors (Lipinski definition) is 1. The summed E-state index contributed by atoms with van der Waals surface area (Å²) in [5.74, 6) is 2.87. The van der Waals surface area contributed by atoms with Gasteiger partial charge in [-0.1, -0.05) is 6.07 Å². The van der Waals surface area contributed by atoms with Crippen LogP contribution in [-0.2, 0) is 0 Å². The minimum absolute atomic E-state index is 0.0184. The van der Waals surface area contributed by atoms with Crippen LogP contribution >= 0.6 is 11.8 Å². The highest BCUT2D eigenvalue weighted by atomic mass is 32.2. The van der Waals surface area contributed by atoms with Gasteiger partial charge < -0.3 is 10.2 Å². The van der Waals surface area contributed by atoms with Crippen molar-refractivity contribution < 1.29 is 4.79 Å². The molecule has 1 aliphatic heterocycles. The second kappa shape index (κ2) is 6.56. The van der Waals surface area contributed by atoms with Gasteiger partial charge in [0.2, 0.25) is 0 Å². The second-order valence-electron chi connectivity index (χ2n) is 5.60. The molecule has 0 radical (unpaired) electrons. The lowest BCUT2D eigenvalue weighted by molar-refractivity contribution is 0.179. The average molecular weight is 319 g/mol. The molecule has 118 valence electrons. The number of urea groups is 1. The van der Waals surface area contributed by atoms with E-state index in [2.05, 4.69) is 22.4 Å². The number of carbonyl (C=O) groups is 1. The van der Waals surface area contributed by atoms with E-state index in [9.17, 15) is 4.79 Å². The third-order valence-electron chi connectivity index (χ3n) is 4.02. The maximum atomic E-state index is 12.6. The van der Waals surface area contributed by atoms with Gasteiger partial charge in [-0.15, -0.1) is 10.2 Å². The first-order valence-electron chi connectivity index (χ1n) is 7.61. The van der Waals surface area contributed by atoms with Crippen LogP contribution in [0.4, 0.5) is 4.79 Å². The minimum atomic E-state index is -0.187. The van der Waals surface area contributed by atoms with Gasteiger partial charge in [0.15, 0.2) is 11.5 Å². The molecule has 2 atom stereocenters. The van der Waals surface area contributed by atoms with Gasteiger partial charge in [-0.2, -0.15) is 11.8 Å². The van der Waals surface area contributed by atoms with Crippen molar-refractivity contribution in [2.75, 3.05) is 18.1 Å². The number of nitrogens with one attached hydrogen (secondary N) is 1. The third kappa shape index (κ3) is 3.04. The predicted molar refractivity (Wildman–Crippen MR) is 88.0 cm³/mol. The van der Waals surface area contributed by atoms with Crippen LogP contribution < -0.4 is 5.32 Å². The number of nitrogens with zero attached hydrogens (tertiary/aromatic N) is 4. The Morgan fingerprint density at radius 2 is 2.27 bits per heavy atom. The van der Waals surface area contributed by atoms with E-state index in [0.29, 0.717) is 0 Å². The summed E-state index contributed by atoms with van der Waals surface area (Å²) in [5.41, 5.74) is 0.790. The van der Waals surface area contributed by atoms with E-state index in [1.54, 1.807) is 0 Å². The molecule has 2 amide bonds. The Labute approximate surface area is 134 Å². The van der Waals surface area contributed by atoms with E-state index in [-0.39, 0.29) is 18.1 Å². The second-order valence-corrected chi connectivity index (χ2v) is 6.83. The molecule has 0 aliphatic carbocycles. The molecule has 2 aromatic rings. The van der Waals surface area contributed by atoms with Crippen molar-refractivity contribution in [1.29, 1.82) is 0 Å². The van der Waals surface area contributed by atoms with Crippen molar-refractivity contribution in [3.05, 3.63) is 30.2 Å². The number of thioether (sulfide) groups is 1. The zero-order valence-corrected chi connectivity index (χ0v) is 13.7. The molecule has 1 N–H and O–H groups in total. The molecule has 1 aliphatic rings. The van der Waals surface area contributed by atoms with E-state index in [1.165, 1.54) is 0 Å². The summed E-state index contributed by atoms with van der Waals surface area (Å²) < 4.78 is 1.91. The van der Waals surface area contributed by atoms with Crippen LogP contribution in [0.1, 0.15) is 32.1 Å². The molecular weight excluding hydrogens is 298 g/mol. The van der Waals surface area contributed by atoms with Crippen molar-refractivity contribution in [2.45, 2.75) is 32.4 Å². The topological polar surface area (TPSA) is 62.5 Å². The molecule has 7 heteroatoms. The van der Waals surface area contributed by atoms with Crippen molar-refractivity contribution >= 4 is 23.4 Å². The summed E-state index contributed by atoms with van der Waals surface area (Å²) in [7, 11) is 0. The van der Waals surface area contributed by atoms with Crippen LogP contribution in [0.25, 0.3) is 5.65 Å². The quantitative estimate of drug-likeness (QED) is 0.923. The molecule has 0 spiro atoms. The summed E-state index contributed by atoms with van der Waals surface area (Å²) in [5, 5.41) is 11.4. The molecular formula is C15H21N5OS. The smallest absolute Gasteiger partial charge is 0.318 e. The van der Waals surface area contributed by atoms with Crippen LogP contribution in [0, 0.1) is 0 Å². The highest BCUT2D eigenvalue weighted by Gasteiger charge is 2.24. The molecule has 2 aromatic heterocycles. The number of hydrogen-bond acceptors (Lipinski definition) is 4. The minimum Gasteiger partial charge on any atom is -0.328 e. The van der Waals surface area contributed by atoms with Gasteiger partial charge in [0, 0.05) is 24.5 Å². The normalized spacial score (nSPS) is 20.6. The van der Waals surface area contributed by atoms with Gasteiger partial charge in [-0.3, -0.25) is 4.40 Å². The number of amides is 2. The molecule has 1 fully saturated rings. The lowest BCUT2D eigenvalue weighted by Gasteiger charge is -2.28. The standard InChI is InChI=1S/C15H21N5OS/c1-11-6-9-22-10-8-19(11)15(21)16-12(2)14-18-17-13-5-3-4-7-20(13)14/h3-5,7,11-12H,6,8-10H2,1-2H3,(H,16,21)/t11-,12+/m0/s1. The van der Waals surface area contributed by atoms with Crippen LogP contribution in [0.3, 0.4) is 0 Å². The van der Waals surface area contributed by atoms with Crippen LogP contribution in [-0.4, -0.2) is 49.6 Å². The number of pyridine rings is 1. The Balaban J connectivity index is 1.73. The number of fused-ring (bicyclic) bond motifs is 1. The van der Waals surface area contributed by atoms with Gasteiger partial charge in [-0.05, 0) is 38.2 Å². The highest BCUT2D eigenvalue weighted by molar-refractivity contribution is 7.99. The van der Waals surface area contributed by atoms with E-state index < -0.39 is 0 Å². The maximum Gasteiger partial charge on any atom is 0.318 e. The van der Waals surface area contributed by atoms with E-state index >= 15 is 0 Å². The lowest BCUT2D eigenvalue weighted by Crippen LogP contribution is -2.46. The highest BCUT2D eigenvalue weighted by Crippen LogP contribution is 2.17. The lowest BCUT2D eigenvalue weighted by atomic mass is 10.2. The first kappa shape index (κ1) is 15.1. The van der Waals surface area contributed by atoms with Gasteiger partial charge in [-0.25, -0.2) is 4.79 Å². The SMILES string of the molecule is C[C@@H](NC(=O)N1CCSCC[C@@H]1C)c1nnc2ccccn12. The van der Waals surface area contributed by atoms with Crippen molar-refractivity contribution in [3.63, 3.8) is 0 Å². The number of rotatable bonds is 2. The summed E-state index contributed by atoms with van der Waals surface area (Å²) >= 11 is 1.91. The Bertz CT molecular complexity index is 658. The summed E-state index contributed by atoms with van der Waals surface area (Å²) in [6, 6.07) is 5.83. The van der Waals surface area contributed by atoms with Crippen molar-refractivity contribution in [3.8, 4) is 0 Å². The fraction of sp³-hybridized carbons (Fsp3) is 0.533. The summed E-state index contributed by atoms with van der Waals surface area (Å²) in [6.45, 7) is 4.85. The van der Waals surface area contributed by atoms with Crippen LogP contribution in [0.2, 0.25) is 0 Å². The molecule has 0 bridgehead atoms. The van der Waals surface area contributed by atoms with Crippen molar-refractivity contribution in [2.24, 2.45) is 0 Å². The number of carbonyl (C=O) groups excluding carboxylic acids is 1. The molecule has 22 heavy (non-hydrogen) atoms. The average Bonchev–Trinajstić information content (AvgIpc) is 2.82. The molecule has 3 heterocycles. The fourth-order valence-corrected chi connectivity index (χ4v) is 3.72. The third-order valence-corrected chi connectivity index (χ3v) is 5.01. The first-order valence-corrected chi connectivity index (χ1v) is 8.77. The maximum absolute atomic E-state index is 12.6. The van der Waals surface area contributed by atoms with Crippen LogP contribution in [0.5, 0.6) is 0 Å². The first-order chi connectivity index (χ1) is 10.7.